The van der Waals surface area contributed by atoms with Crippen molar-refractivity contribution in [2.24, 2.45) is 0 Å². The Hall–Kier alpha value is -3.94. The molecule has 0 radical (unpaired) electrons. The molecule has 0 atom stereocenters. The van der Waals surface area contributed by atoms with E-state index in [4.69, 9.17) is 9.47 Å². The standard InChI is InChI=1S/C25H27N3O5/c1-4-6-15-33-19-13-11-18(12-14-19)24(30)26-20-16-22(29)28(21-10-8-7-9-17(21)3)27-23(20)25(31)32-5-2/h7-14,16H,4-6,15H2,1-3H3,(H,26,30). The first-order valence-electron chi connectivity index (χ1n) is 10.9. The number of nitrogens with zero attached hydrogens (tertiary/aromatic N) is 2. The molecule has 33 heavy (non-hydrogen) atoms. The average Bonchev–Trinajstić information content (AvgIpc) is 2.80. The molecule has 1 amide bonds. The molecular formula is C25H27N3O5. The molecule has 3 aromatic rings. The van der Waals surface area contributed by atoms with E-state index < -0.39 is 17.4 Å². The SMILES string of the molecule is CCCCOc1ccc(C(=O)Nc2cc(=O)n(-c3ccccc3C)nc2C(=O)OCC)cc1. The van der Waals surface area contributed by atoms with Crippen LogP contribution >= 0.6 is 0 Å². The van der Waals surface area contributed by atoms with E-state index in [1.807, 2.05) is 19.1 Å². The van der Waals surface area contributed by atoms with Gasteiger partial charge in [0.25, 0.3) is 11.5 Å². The normalized spacial score (nSPS) is 10.5. The van der Waals surface area contributed by atoms with E-state index in [1.54, 1.807) is 43.3 Å². The fraction of sp³-hybridized carbons (Fsp3) is 0.280. The molecule has 0 saturated carbocycles. The Balaban J connectivity index is 1.91. The molecule has 0 aliphatic carbocycles. The van der Waals surface area contributed by atoms with Gasteiger partial charge < -0.3 is 14.8 Å². The van der Waals surface area contributed by atoms with Gasteiger partial charge >= 0.3 is 5.97 Å². The number of unbranched alkanes of at least 4 members (excludes halogenated alkanes) is 1. The first-order valence-corrected chi connectivity index (χ1v) is 10.9. The maximum absolute atomic E-state index is 12.8. The van der Waals surface area contributed by atoms with E-state index in [1.165, 1.54) is 6.07 Å². The van der Waals surface area contributed by atoms with Crippen LogP contribution in [-0.2, 0) is 4.74 Å². The molecule has 1 heterocycles. The van der Waals surface area contributed by atoms with Crippen molar-refractivity contribution in [1.29, 1.82) is 0 Å². The Morgan fingerprint density at radius 3 is 2.45 bits per heavy atom. The molecule has 2 aromatic carbocycles. The highest BCUT2D eigenvalue weighted by Gasteiger charge is 2.21. The fourth-order valence-electron chi connectivity index (χ4n) is 3.11. The van der Waals surface area contributed by atoms with Gasteiger partial charge in [0.05, 0.1) is 24.6 Å². The van der Waals surface area contributed by atoms with Crippen LogP contribution in [0.1, 0.15) is 53.1 Å². The smallest absolute Gasteiger partial charge is 0.360 e. The lowest BCUT2D eigenvalue weighted by Crippen LogP contribution is -2.27. The van der Waals surface area contributed by atoms with Gasteiger partial charge in [0.15, 0.2) is 5.69 Å². The van der Waals surface area contributed by atoms with Crippen LogP contribution in [0.2, 0.25) is 0 Å². The molecule has 0 saturated heterocycles. The minimum Gasteiger partial charge on any atom is -0.494 e. The number of aryl methyl sites for hydroxylation is 1. The van der Waals surface area contributed by atoms with Crippen molar-refractivity contribution in [3.05, 3.63) is 81.8 Å². The van der Waals surface area contributed by atoms with Crippen molar-refractivity contribution < 1.29 is 19.1 Å². The van der Waals surface area contributed by atoms with Crippen LogP contribution in [0.15, 0.2) is 59.4 Å². The summed E-state index contributed by atoms with van der Waals surface area (Å²) >= 11 is 0. The second-order valence-corrected chi connectivity index (χ2v) is 7.34. The summed E-state index contributed by atoms with van der Waals surface area (Å²) in [7, 11) is 0. The number of carbonyl (C=O) groups excluding carboxylic acids is 2. The molecule has 8 nitrogen and oxygen atoms in total. The summed E-state index contributed by atoms with van der Waals surface area (Å²) in [6.45, 7) is 6.30. The van der Waals surface area contributed by atoms with Gasteiger partial charge in [-0.25, -0.2) is 4.79 Å². The molecule has 172 valence electrons. The quantitative estimate of drug-likeness (QED) is 0.389. The number of esters is 1. The van der Waals surface area contributed by atoms with E-state index in [-0.39, 0.29) is 18.0 Å². The Kier molecular flexibility index (Phi) is 7.96. The third-order valence-electron chi connectivity index (χ3n) is 4.88. The van der Waals surface area contributed by atoms with E-state index in [9.17, 15) is 14.4 Å². The predicted octanol–water partition coefficient (Wildman–Crippen LogP) is 4.15. The van der Waals surface area contributed by atoms with Gasteiger partial charge in [0.1, 0.15) is 5.75 Å². The number of benzene rings is 2. The maximum atomic E-state index is 12.8. The number of anilines is 1. The topological polar surface area (TPSA) is 99.5 Å². The second kappa shape index (κ2) is 11.1. The number of para-hydroxylation sites is 1. The zero-order chi connectivity index (χ0) is 23.8. The summed E-state index contributed by atoms with van der Waals surface area (Å²) in [5, 5.41) is 6.84. The molecule has 0 fully saturated rings. The number of carbonyl (C=O) groups is 2. The highest BCUT2D eigenvalue weighted by atomic mass is 16.5. The van der Waals surface area contributed by atoms with Crippen LogP contribution in [0.25, 0.3) is 5.69 Å². The number of hydrogen-bond acceptors (Lipinski definition) is 6. The Morgan fingerprint density at radius 1 is 1.06 bits per heavy atom. The summed E-state index contributed by atoms with van der Waals surface area (Å²) < 4.78 is 11.8. The minimum atomic E-state index is -0.741. The number of amides is 1. The molecule has 0 aliphatic heterocycles. The van der Waals surface area contributed by atoms with Gasteiger partial charge in [-0.05, 0) is 56.2 Å². The van der Waals surface area contributed by atoms with Crippen molar-refractivity contribution in [2.75, 3.05) is 18.5 Å². The molecule has 1 N–H and O–H groups in total. The van der Waals surface area contributed by atoms with E-state index in [0.29, 0.717) is 23.6 Å². The Labute approximate surface area is 192 Å². The van der Waals surface area contributed by atoms with Gasteiger partial charge in [0, 0.05) is 11.6 Å². The zero-order valence-corrected chi connectivity index (χ0v) is 19.0. The number of rotatable bonds is 9. The second-order valence-electron chi connectivity index (χ2n) is 7.34. The third kappa shape index (κ3) is 5.85. The molecule has 3 rings (SSSR count). The molecule has 0 unspecified atom stereocenters. The van der Waals surface area contributed by atoms with Crippen molar-refractivity contribution in [3.8, 4) is 11.4 Å². The van der Waals surface area contributed by atoms with Crippen LogP contribution < -0.4 is 15.6 Å². The monoisotopic (exact) mass is 449 g/mol. The van der Waals surface area contributed by atoms with Gasteiger partial charge in [-0.1, -0.05) is 31.5 Å². The minimum absolute atomic E-state index is 0.0171. The van der Waals surface area contributed by atoms with Gasteiger partial charge in [-0.15, -0.1) is 0 Å². The first-order chi connectivity index (χ1) is 15.9. The molecule has 0 spiro atoms. The summed E-state index contributed by atoms with van der Waals surface area (Å²) in [5.41, 5.74) is 1.01. The van der Waals surface area contributed by atoms with Crippen LogP contribution in [0.4, 0.5) is 5.69 Å². The highest BCUT2D eigenvalue weighted by molar-refractivity contribution is 6.07. The first kappa shape index (κ1) is 23.7. The van der Waals surface area contributed by atoms with E-state index in [0.717, 1.165) is 23.1 Å². The van der Waals surface area contributed by atoms with Gasteiger partial charge in [-0.2, -0.15) is 9.78 Å². The van der Waals surface area contributed by atoms with Crippen LogP contribution in [0.3, 0.4) is 0 Å². The van der Waals surface area contributed by atoms with Crippen LogP contribution in [0, 0.1) is 6.92 Å². The van der Waals surface area contributed by atoms with Crippen LogP contribution in [0.5, 0.6) is 5.75 Å². The van der Waals surface area contributed by atoms with Crippen molar-refractivity contribution >= 4 is 17.6 Å². The highest BCUT2D eigenvalue weighted by Crippen LogP contribution is 2.18. The molecule has 1 aromatic heterocycles. The van der Waals surface area contributed by atoms with Gasteiger partial charge in [-0.3, -0.25) is 9.59 Å². The lowest BCUT2D eigenvalue weighted by molar-refractivity contribution is 0.0518. The number of aromatic nitrogens is 2. The van der Waals surface area contributed by atoms with Crippen LogP contribution in [-0.4, -0.2) is 34.9 Å². The Bertz CT molecular complexity index is 1190. The predicted molar refractivity (Wildman–Crippen MR) is 125 cm³/mol. The number of ether oxygens (including phenoxy) is 2. The largest absolute Gasteiger partial charge is 0.494 e. The summed E-state index contributed by atoms with van der Waals surface area (Å²) in [6.07, 6.45) is 1.97. The third-order valence-corrected chi connectivity index (χ3v) is 4.88. The lowest BCUT2D eigenvalue weighted by Gasteiger charge is -2.13. The maximum Gasteiger partial charge on any atom is 0.360 e. The zero-order valence-electron chi connectivity index (χ0n) is 19.0. The van der Waals surface area contributed by atoms with Crippen molar-refractivity contribution in [3.63, 3.8) is 0 Å². The number of nitrogens with one attached hydrogen (secondary N) is 1. The molecule has 0 aliphatic rings. The average molecular weight is 450 g/mol. The summed E-state index contributed by atoms with van der Waals surface area (Å²) in [6, 6.07) is 15.0. The summed E-state index contributed by atoms with van der Waals surface area (Å²) in [4.78, 5) is 38.2. The lowest BCUT2D eigenvalue weighted by atomic mass is 10.2. The van der Waals surface area contributed by atoms with Crippen molar-refractivity contribution in [1.82, 2.24) is 9.78 Å². The van der Waals surface area contributed by atoms with E-state index in [2.05, 4.69) is 17.3 Å². The van der Waals surface area contributed by atoms with E-state index >= 15 is 0 Å². The molecule has 0 bridgehead atoms. The molecular weight excluding hydrogens is 422 g/mol. The fourth-order valence-corrected chi connectivity index (χ4v) is 3.11. The Morgan fingerprint density at radius 2 is 1.79 bits per heavy atom. The molecule has 8 heteroatoms. The summed E-state index contributed by atoms with van der Waals surface area (Å²) in [5.74, 6) is -0.569. The van der Waals surface area contributed by atoms with Crippen molar-refractivity contribution in [2.45, 2.75) is 33.6 Å². The van der Waals surface area contributed by atoms with Gasteiger partial charge in [0.2, 0.25) is 0 Å². The number of hydrogen-bond donors (Lipinski definition) is 1.